The number of hydrogen-bond acceptors (Lipinski definition) is 3. The topological polar surface area (TPSA) is 62.1 Å². The van der Waals surface area contributed by atoms with E-state index in [1.165, 1.54) is 0 Å². The minimum atomic E-state index is -0.396. The molecule has 1 aromatic carbocycles. The molecule has 1 aromatic rings. The van der Waals surface area contributed by atoms with Gasteiger partial charge in [0.05, 0.1) is 17.4 Å². The Morgan fingerprint density at radius 2 is 2.28 bits per heavy atom. The van der Waals surface area contributed by atoms with Crippen LogP contribution in [-0.2, 0) is 9.53 Å². The van der Waals surface area contributed by atoms with Gasteiger partial charge in [-0.3, -0.25) is 4.79 Å². The van der Waals surface area contributed by atoms with Crippen molar-refractivity contribution in [1.82, 2.24) is 0 Å². The summed E-state index contributed by atoms with van der Waals surface area (Å²) in [5.74, 6) is -0.165. The molecule has 0 spiro atoms. The van der Waals surface area contributed by atoms with Gasteiger partial charge in [0, 0.05) is 0 Å². The molecule has 2 atom stereocenters. The van der Waals surface area contributed by atoms with Gasteiger partial charge in [-0.1, -0.05) is 12.1 Å². The van der Waals surface area contributed by atoms with Gasteiger partial charge in [0.1, 0.15) is 12.2 Å². The lowest BCUT2D eigenvalue weighted by Crippen LogP contribution is -2.28. The molecule has 0 aromatic heterocycles. The summed E-state index contributed by atoms with van der Waals surface area (Å²) in [6, 6.07) is 7.52. The highest BCUT2D eigenvalue weighted by molar-refractivity contribution is 5.95. The van der Waals surface area contributed by atoms with Crippen molar-refractivity contribution in [2.45, 2.75) is 38.9 Å². The number of benzene rings is 1. The Labute approximate surface area is 107 Å². The summed E-state index contributed by atoms with van der Waals surface area (Å²) < 4.78 is 5.50. The third kappa shape index (κ3) is 2.52. The first-order valence-corrected chi connectivity index (χ1v) is 6.08. The van der Waals surface area contributed by atoms with Crippen molar-refractivity contribution < 1.29 is 9.53 Å². The molecule has 0 radical (unpaired) electrons. The van der Waals surface area contributed by atoms with E-state index in [2.05, 4.69) is 11.4 Å². The fraction of sp³-hybridized carbons (Fsp3) is 0.429. The van der Waals surface area contributed by atoms with Crippen molar-refractivity contribution >= 4 is 11.6 Å². The second kappa shape index (κ2) is 5.19. The molecule has 0 aliphatic carbocycles. The Morgan fingerprint density at radius 3 is 2.89 bits per heavy atom. The SMILES string of the molecule is Cc1cccc(NC(=O)C2CCC(C)O2)c1C#N. The third-order valence-corrected chi connectivity index (χ3v) is 3.17. The summed E-state index contributed by atoms with van der Waals surface area (Å²) >= 11 is 0. The van der Waals surface area contributed by atoms with Gasteiger partial charge in [-0.05, 0) is 38.3 Å². The summed E-state index contributed by atoms with van der Waals surface area (Å²) in [4.78, 5) is 12.0. The van der Waals surface area contributed by atoms with Gasteiger partial charge >= 0.3 is 0 Å². The van der Waals surface area contributed by atoms with Crippen LogP contribution in [0.15, 0.2) is 18.2 Å². The third-order valence-electron chi connectivity index (χ3n) is 3.17. The Kier molecular flexibility index (Phi) is 3.63. The number of ether oxygens (including phenoxy) is 1. The number of carbonyl (C=O) groups excluding carboxylic acids is 1. The van der Waals surface area contributed by atoms with E-state index in [1.54, 1.807) is 6.07 Å². The van der Waals surface area contributed by atoms with E-state index in [1.807, 2.05) is 26.0 Å². The average molecular weight is 244 g/mol. The van der Waals surface area contributed by atoms with Crippen molar-refractivity contribution in [2.24, 2.45) is 0 Å². The van der Waals surface area contributed by atoms with Gasteiger partial charge in [0.25, 0.3) is 5.91 Å². The predicted octanol–water partition coefficient (Wildman–Crippen LogP) is 2.37. The maximum Gasteiger partial charge on any atom is 0.253 e. The van der Waals surface area contributed by atoms with Gasteiger partial charge in [-0.2, -0.15) is 5.26 Å². The van der Waals surface area contributed by atoms with Crippen LogP contribution in [0.25, 0.3) is 0 Å². The summed E-state index contributed by atoms with van der Waals surface area (Å²) in [5, 5.41) is 11.9. The van der Waals surface area contributed by atoms with Gasteiger partial charge < -0.3 is 10.1 Å². The van der Waals surface area contributed by atoms with Crippen LogP contribution in [0, 0.1) is 18.3 Å². The summed E-state index contributed by atoms with van der Waals surface area (Å²) in [5.41, 5.74) is 1.93. The van der Waals surface area contributed by atoms with Crippen LogP contribution in [0.4, 0.5) is 5.69 Å². The second-order valence-electron chi connectivity index (χ2n) is 4.61. The van der Waals surface area contributed by atoms with E-state index in [4.69, 9.17) is 10.00 Å². The van der Waals surface area contributed by atoms with Crippen molar-refractivity contribution in [3.63, 3.8) is 0 Å². The Hall–Kier alpha value is -1.86. The maximum absolute atomic E-state index is 12.0. The number of rotatable bonds is 2. The smallest absolute Gasteiger partial charge is 0.253 e. The van der Waals surface area contributed by atoms with Crippen LogP contribution in [-0.4, -0.2) is 18.1 Å². The molecule has 1 aliphatic rings. The van der Waals surface area contributed by atoms with E-state index >= 15 is 0 Å². The van der Waals surface area contributed by atoms with Crippen molar-refractivity contribution in [3.05, 3.63) is 29.3 Å². The zero-order valence-corrected chi connectivity index (χ0v) is 10.6. The van der Waals surface area contributed by atoms with E-state index in [-0.39, 0.29) is 12.0 Å². The lowest BCUT2D eigenvalue weighted by atomic mass is 10.1. The van der Waals surface area contributed by atoms with Crippen LogP contribution in [0.2, 0.25) is 0 Å². The molecule has 1 heterocycles. The van der Waals surface area contributed by atoms with Gasteiger partial charge in [0.15, 0.2) is 0 Å². The zero-order valence-electron chi connectivity index (χ0n) is 10.6. The van der Waals surface area contributed by atoms with Crippen LogP contribution < -0.4 is 5.32 Å². The van der Waals surface area contributed by atoms with E-state index in [0.29, 0.717) is 11.3 Å². The fourth-order valence-electron chi connectivity index (χ4n) is 2.13. The average Bonchev–Trinajstić information content (AvgIpc) is 2.76. The molecule has 1 amide bonds. The number of carbonyl (C=O) groups is 1. The van der Waals surface area contributed by atoms with Gasteiger partial charge in [0.2, 0.25) is 0 Å². The van der Waals surface area contributed by atoms with E-state index < -0.39 is 6.10 Å². The van der Waals surface area contributed by atoms with Crippen LogP contribution in [0.5, 0.6) is 0 Å². The number of aryl methyl sites for hydroxylation is 1. The lowest BCUT2D eigenvalue weighted by Gasteiger charge is -2.13. The highest BCUT2D eigenvalue weighted by atomic mass is 16.5. The molecular weight excluding hydrogens is 228 g/mol. The van der Waals surface area contributed by atoms with Gasteiger partial charge in [-0.25, -0.2) is 0 Å². The highest BCUT2D eigenvalue weighted by Gasteiger charge is 2.28. The Balaban J connectivity index is 2.13. The number of anilines is 1. The van der Waals surface area contributed by atoms with Crippen molar-refractivity contribution in [2.75, 3.05) is 5.32 Å². The number of amides is 1. The molecule has 4 heteroatoms. The molecule has 4 nitrogen and oxygen atoms in total. The van der Waals surface area contributed by atoms with Crippen molar-refractivity contribution in [1.29, 1.82) is 5.26 Å². The first-order chi connectivity index (χ1) is 8.61. The fourth-order valence-corrected chi connectivity index (χ4v) is 2.13. The van der Waals surface area contributed by atoms with Crippen LogP contribution >= 0.6 is 0 Å². The molecule has 18 heavy (non-hydrogen) atoms. The molecule has 1 aliphatic heterocycles. The first kappa shape index (κ1) is 12.6. The Morgan fingerprint density at radius 1 is 1.50 bits per heavy atom. The number of nitrogens with one attached hydrogen (secondary N) is 1. The quantitative estimate of drug-likeness (QED) is 0.868. The summed E-state index contributed by atoms with van der Waals surface area (Å²) in [7, 11) is 0. The molecular formula is C14H16N2O2. The monoisotopic (exact) mass is 244 g/mol. The van der Waals surface area contributed by atoms with E-state index in [0.717, 1.165) is 18.4 Å². The number of nitrogens with zero attached hydrogens (tertiary/aromatic N) is 1. The summed E-state index contributed by atoms with van der Waals surface area (Å²) in [6.45, 7) is 3.81. The number of hydrogen-bond donors (Lipinski definition) is 1. The molecule has 0 bridgehead atoms. The first-order valence-electron chi connectivity index (χ1n) is 6.08. The van der Waals surface area contributed by atoms with E-state index in [9.17, 15) is 4.79 Å². The highest BCUT2D eigenvalue weighted by Crippen LogP contribution is 2.23. The van der Waals surface area contributed by atoms with Gasteiger partial charge in [-0.15, -0.1) is 0 Å². The molecule has 1 saturated heterocycles. The normalized spacial score (nSPS) is 22.5. The maximum atomic E-state index is 12.0. The van der Waals surface area contributed by atoms with Crippen LogP contribution in [0.1, 0.15) is 30.9 Å². The standard InChI is InChI=1S/C14H16N2O2/c1-9-4-3-5-12(11(9)8-15)16-14(17)13-7-6-10(2)18-13/h3-5,10,13H,6-7H2,1-2H3,(H,16,17). The lowest BCUT2D eigenvalue weighted by molar-refractivity contribution is -0.126. The molecule has 1 N–H and O–H groups in total. The minimum Gasteiger partial charge on any atom is -0.365 e. The zero-order chi connectivity index (χ0) is 13.1. The van der Waals surface area contributed by atoms with Crippen LogP contribution in [0.3, 0.4) is 0 Å². The second-order valence-corrected chi connectivity index (χ2v) is 4.61. The Bertz CT molecular complexity index is 505. The number of nitriles is 1. The molecule has 94 valence electrons. The summed E-state index contributed by atoms with van der Waals surface area (Å²) in [6.07, 6.45) is 1.37. The molecule has 2 unspecified atom stereocenters. The minimum absolute atomic E-state index is 0.133. The molecule has 2 rings (SSSR count). The van der Waals surface area contributed by atoms with Crippen molar-refractivity contribution in [3.8, 4) is 6.07 Å². The molecule has 1 fully saturated rings. The molecule has 0 saturated carbocycles. The largest absolute Gasteiger partial charge is 0.365 e. The predicted molar refractivity (Wildman–Crippen MR) is 68.1 cm³/mol.